The molecule has 0 heterocycles. The Bertz CT molecular complexity index is 509. The van der Waals surface area contributed by atoms with Crippen LogP contribution in [0.1, 0.15) is 10.4 Å². The van der Waals surface area contributed by atoms with E-state index in [1.54, 1.807) is 0 Å². The molecule has 5 nitrogen and oxygen atoms in total. The minimum atomic E-state index is -3.71. The topological polar surface area (TPSA) is 69.7 Å². The van der Waals surface area contributed by atoms with Crippen LogP contribution >= 0.6 is 11.6 Å². The summed E-state index contributed by atoms with van der Waals surface area (Å²) in [6.45, 7) is 0. The van der Waals surface area contributed by atoms with E-state index in [1.165, 1.54) is 25.3 Å². The van der Waals surface area contributed by atoms with Gasteiger partial charge in [0, 0.05) is 5.02 Å². The Morgan fingerprint density at radius 1 is 1.38 bits per heavy atom. The highest BCUT2D eigenvalue weighted by molar-refractivity contribution is 7.86. The van der Waals surface area contributed by atoms with Crippen molar-refractivity contribution in [2.75, 3.05) is 13.4 Å². The van der Waals surface area contributed by atoms with E-state index < -0.39 is 16.1 Å². The van der Waals surface area contributed by atoms with Crippen molar-refractivity contribution in [1.29, 1.82) is 0 Å². The number of carbonyl (C=O) groups excluding carboxylic acids is 1. The molecule has 7 heteroatoms. The molecule has 88 valence electrons. The van der Waals surface area contributed by atoms with Crippen LogP contribution in [0.5, 0.6) is 5.75 Å². The van der Waals surface area contributed by atoms with E-state index in [9.17, 15) is 13.2 Å². The Hall–Kier alpha value is -1.27. The van der Waals surface area contributed by atoms with Crippen LogP contribution in [-0.4, -0.2) is 27.8 Å². The fourth-order valence-corrected chi connectivity index (χ4v) is 1.65. The number of esters is 1. The second kappa shape index (κ2) is 4.71. The molecule has 0 aliphatic heterocycles. The van der Waals surface area contributed by atoms with Gasteiger partial charge in [-0.25, -0.2) is 4.79 Å². The number of carbonyl (C=O) groups is 1. The van der Waals surface area contributed by atoms with Crippen molar-refractivity contribution in [1.82, 2.24) is 0 Å². The fourth-order valence-electron chi connectivity index (χ4n) is 1.01. The molecule has 0 spiro atoms. The zero-order valence-corrected chi connectivity index (χ0v) is 10.1. The highest BCUT2D eigenvalue weighted by atomic mass is 35.5. The van der Waals surface area contributed by atoms with Gasteiger partial charge < -0.3 is 8.92 Å². The summed E-state index contributed by atoms with van der Waals surface area (Å²) in [5.74, 6) is -0.833. The van der Waals surface area contributed by atoms with E-state index in [4.69, 9.17) is 11.6 Å². The third-order valence-electron chi connectivity index (χ3n) is 1.59. The first kappa shape index (κ1) is 12.8. The van der Waals surface area contributed by atoms with Crippen molar-refractivity contribution in [2.24, 2.45) is 0 Å². The summed E-state index contributed by atoms with van der Waals surface area (Å²) >= 11 is 5.68. The van der Waals surface area contributed by atoms with Crippen molar-refractivity contribution in [3.8, 4) is 5.75 Å². The highest BCUT2D eigenvalue weighted by Gasteiger charge is 2.16. The molecule has 1 aromatic rings. The van der Waals surface area contributed by atoms with Crippen LogP contribution in [-0.2, 0) is 14.9 Å². The van der Waals surface area contributed by atoms with Crippen LogP contribution in [0.2, 0.25) is 5.02 Å². The number of halogens is 1. The first-order valence-corrected chi connectivity index (χ1v) is 6.30. The molecule has 0 saturated heterocycles. The number of methoxy groups -OCH3 is 1. The average molecular weight is 265 g/mol. The number of benzene rings is 1. The summed E-state index contributed by atoms with van der Waals surface area (Å²) < 4.78 is 31.0. The summed E-state index contributed by atoms with van der Waals surface area (Å²) in [7, 11) is -2.53. The Labute approximate surface area is 98.1 Å². The van der Waals surface area contributed by atoms with Gasteiger partial charge in [-0.3, -0.25) is 0 Å². The Morgan fingerprint density at radius 3 is 2.50 bits per heavy atom. The molecular weight excluding hydrogens is 256 g/mol. The Balaban J connectivity index is 3.23. The van der Waals surface area contributed by atoms with E-state index in [2.05, 4.69) is 8.92 Å². The van der Waals surface area contributed by atoms with Crippen LogP contribution < -0.4 is 4.18 Å². The molecule has 0 saturated carbocycles. The second-order valence-electron chi connectivity index (χ2n) is 2.92. The predicted octanol–water partition coefficient (Wildman–Crippen LogP) is 1.46. The summed E-state index contributed by atoms with van der Waals surface area (Å²) in [5.41, 5.74) is -0.0413. The van der Waals surface area contributed by atoms with Gasteiger partial charge in [-0.1, -0.05) is 11.6 Å². The third kappa shape index (κ3) is 3.39. The van der Waals surface area contributed by atoms with Crippen molar-refractivity contribution in [3.63, 3.8) is 0 Å². The molecule has 0 aliphatic carbocycles. The molecule has 0 bridgehead atoms. The van der Waals surface area contributed by atoms with Gasteiger partial charge in [-0.05, 0) is 18.2 Å². The third-order valence-corrected chi connectivity index (χ3v) is 2.31. The minimum absolute atomic E-state index is 0.0413. The van der Waals surface area contributed by atoms with Crippen molar-refractivity contribution < 1.29 is 22.1 Å². The van der Waals surface area contributed by atoms with Gasteiger partial charge in [0.2, 0.25) is 0 Å². The molecular formula is C9H9ClO5S. The Kier molecular flexibility index (Phi) is 3.77. The van der Waals surface area contributed by atoms with Crippen molar-refractivity contribution in [2.45, 2.75) is 0 Å². The molecule has 0 aromatic heterocycles. The lowest BCUT2D eigenvalue weighted by Crippen LogP contribution is -2.10. The Morgan fingerprint density at radius 2 is 2.00 bits per heavy atom. The number of rotatable bonds is 3. The van der Waals surface area contributed by atoms with E-state index >= 15 is 0 Å². The largest absolute Gasteiger partial charge is 0.465 e. The monoisotopic (exact) mass is 264 g/mol. The predicted molar refractivity (Wildman–Crippen MR) is 58.3 cm³/mol. The van der Waals surface area contributed by atoms with Gasteiger partial charge in [0.15, 0.2) is 5.75 Å². The normalized spacial score (nSPS) is 10.9. The summed E-state index contributed by atoms with van der Waals surface area (Å²) in [5, 5.41) is 0.279. The van der Waals surface area contributed by atoms with Crippen molar-refractivity contribution in [3.05, 3.63) is 28.8 Å². The molecule has 0 aliphatic rings. The van der Waals surface area contributed by atoms with Gasteiger partial charge in [0.25, 0.3) is 0 Å². The van der Waals surface area contributed by atoms with E-state index in [0.717, 1.165) is 6.26 Å². The van der Waals surface area contributed by atoms with Gasteiger partial charge in [0.05, 0.1) is 13.4 Å². The van der Waals surface area contributed by atoms with Gasteiger partial charge >= 0.3 is 16.1 Å². The van der Waals surface area contributed by atoms with Gasteiger partial charge in [-0.15, -0.1) is 0 Å². The highest BCUT2D eigenvalue weighted by Crippen LogP contribution is 2.24. The van der Waals surface area contributed by atoms with Crippen LogP contribution in [0.25, 0.3) is 0 Å². The lowest BCUT2D eigenvalue weighted by atomic mass is 10.2. The zero-order valence-electron chi connectivity index (χ0n) is 8.56. The van der Waals surface area contributed by atoms with Gasteiger partial charge in [-0.2, -0.15) is 8.42 Å². The molecule has 0 atom stereocenters. The molecule has 16 heavy (non-hydrogen) atoms. The standard InChI is InChI=1S/C9H9ClO5S/c1-14-9(11)7-5-6(10)3-4-8(7)15-16(2,12)13/h3-5H,1-2H3. The number of ether oxygens (including phenoxy) is 1. The molecule has 0 radical (unpaired) electrons. The zero-order chi connectivity index (χ0) is 12.3. The van der Waals surface area contributed by atoms with Gasteiger partial charge in [0.1, 0.15) is 5.56 Å². The quantitative estimate of drug-likeness (QED) is 0.611. The lowest BCUT2D eigenvalue weighted by molar-refractivity contribution is 0.0599. The molecule has 1 rings (SSSR count). The van der Waals surface area contributed by atoms with E-state index in [0.29, 0.717) is 0 Å². The second-order valence-corrected chi connectivity index (χ2v) is 4.93. The fraction of sp³-hybridized carbons (Fsp3) is 0.222. The molecule has 0 amide bonds. The number of hydrogen-bond donors (Lipinski definition) is 0. The summed E-state index contributed by atoms with van der Waals surface area (Å²) in [6, 6.07) is 3.97. The molecule has 1 aromatic carbocycles. The summed E-state index contributed by atoms with van der Waals surface area (Å²) in [4.78, 5) is 11.3. The van der Waals surface area contributed by atoms with Crippen LogP contribution in [0, 0.1) is 0 Å². The van der Waals surface area contributed by atoms with Crippen LogP contribution in [0.3, 0.4) is 0 Å². The van der Waals surface area contributed by atoms with E-state index in [1.807, 2.05) is 0 Å². The van der Waals surface area contributed by atoms with Crippen LogP contribution in [0.4, 0.5) is 0 Å². The van der Waals surface area contributed by atoms with E-state index in [-0.39, 0.29) is 16.3 Å². The summed E-state index contributed by atoms with van der Waals surface area (Å²) in [6.07, 6.45) is 0.878. The molecule has 0 unspecified atom stereocenters. The first-order chi connectivity index (χ1) is 7.33. The first-order valence-electron chi connectivity index (χ1n) is 4.11. The minimum Gasteiger partial charge on any atom is -0.465 e. The number of hydrogen-bond acceptors (Lipinski definition) is 5. The SMILES string of the molecule is COC(=O)c1cc(Cl)ccc1OS(C)(=O)=O. The average Bonchev–Trinajstić information content (AvgIpc) is 2.17. The molecule has 0 N–H and O–H groups in total. The maximum Gasteiger partial charge on any atom is 0.341 e. The maximum atomic E-state index is 11.3. The van der Waals surface area contributed by atoms with Crippen molar-refractivity contribution >= 4 is 27.7 Å². The lowest BCUT2D eigenvalue weighted by Gasteiger charge is -2.08. The molecule has 0 fully saturated rings. The maximum absolute atomic E-state index is 11.3. The van der Waals surface area contributed by atoms with Crippen LogP contribution in [0.15, 0.2) is 18.2 Å². The smallest absolute Gasteiger partial charge is 0.341 e.